The third-order valence-corrected chi connectivity index (χ3v) is 2.56. The molecule has 1 spiro atoms. The van der Waals surface area contributed by atoms with E-state index in [0.717, 1.165) is 32.8 Å². The molecule has 2 N–H and O–H groups in total. The van der Waals surface area contributed by atoms with Gasteiger partial charge in [0.2, 0.25) is 0 Å². The number of nitrogens with one attached hydrogen (secondary N) is 2. The summed E-state index contributed by atoms with van der Waals surface area (Å²) >= 11 is 0. The van der Waals surface area contributed by atoms with Gasteiger partial charge in [0, 0.05) is 32.8 Å². The molecule has 0 radical (unpaired) electrons. The van der Waals surface area contributed by atoms with E-state index in [4.69, 9.17) is 4.74 Å². The van der Waals surface area contributed by atoms with Crippen LogP contribution in [0.1, 0.15) is 12.8 Å². The molecule has 3 nitrogen and oxygen atoms in total. The Hall–Kier alpha value is -0.120. The van der Waals surface area contributed by atoms with Crippen molar-refractivity contribution in [1.29, 1.82) is 0 Å². The standard InChI is InChI=1S/C8H16N2O/c1-2-8(11-5-1)6-9-3-4-10-7-8/h9-10H,1-7H2. The fourth-order valence-electron chi connectivity index (χ4n) is 1.91. The first-order valence-corrected chi connectivity index (χ1v) is 4.47. The van der Waals surface area contributed by atoms with Gasteiger partial charge in [-0.25, -0.2) is 0 Å². The Balaban J connectivity index is 1.97. The van der Waals surface area contributed by atoms with Crippen LogP contribution in [0.2, 0.25) is 0 Å². The van der Waals surface area contributed by atoms with E-state index >= 15 is 0 Å². The summed E-state index contributed by atoms with van der Waals surface area (Å²) in [5.74, 6) is 0. The van der Waals surface area contributed by atoms with Gasteiger partial charge in [0.25, 0.3) is 0 Å². The zero-order valence-corrected chi connectivity index (χ0v) is 6.86. The Labute approximate surface area is 67.5 Å². The lowest BCUT2D eigenvalue weighted by atomic mass is 10.0. The van der Waals surface area contributed by atoms with E-state index in [0.29, 0.717) is 0 Å². The molecule has 2 heterocycles. The van der Waals surface area contributed by atoms with Crippen LogP contribution >= 0.6 is 0 Å². The summed E-state index contributed by atoms with van der Waals surface area (Å²) in [5.41, 5.74) is 0.135. The van der Waals surface area contributed by atoms with Gasteiger partial charge in [0.05, 0.1) is 5.60 Å². The highest BCUT2D eigenvalue weighted by atomic mass is 16.5. The van der Waals surface area contributed by atoms with Gasteiger partial charge in [-0.2, -0.15) is 0 Å². The molecule has 0 aromatic carbocycles. The molecule has 0 saturated carbocycles. The minimum atomic E-state index is 0.135. The molecular formula is C8H16N2O. The summed E-state index contributed by atoms with van der Waals surface area (Å²) < 4.78 is 5.74. The van der Waals surface area contributed by atoms with Gasteiger partial charge in [0.15, 0.2) is 0 Å². The Morgan fingerprint density at radius 1 is 1.09 bits per heavy atom. The van der Waals surface area contributed by atoms with Crippen molar-refractivity contribution >= 4 is 0 Å². The molecule has 2 aliphatic heterocycles. The second kappa shape index (κ2) is 3.09. The lowest BCUT2D eigenvalue weighted by molar-refractivity contribution is 0.0114. The fourth-order valence-corrected chi connectivity index (χ4v) is 1.91. The van der Waals surface area contributed by atoms with E-state index in [1.807, 2.05) is 0 Å². The van der Waals surface area contributed by atoms with Gasteiger partial charge < -0.3 is 15.4 Å². The molecule has 0 aromatic rings. The maximum absolute atomic E-state index is 5.74. The summed E-state index contributed by atoms with van der Waals surface area (Å²) in [6.07, 6.45) is 2.44. The van der Waals surface area contributed by atoms with Crippen LogP contribution in [-0.4, -0.2) is 38.4 Å². The van der Waals surface area contributed by atoms with Crippen LogP contribution in [-0.2, 0) is 4.74 Å². The summed E-state index contributed by atoms with van der Waals surface area (Å²) in [7, 11) is 0. The van der Waals surface area contributed by atoms with Crippen LogP contribution in [0.4, 0.5) is 0 Å². The van der Waals surface area contributed by atoms with Crippen molar-refractivity contribution in [3.63, 3.8) is 0 Å². The summed E-state index contributed by atoms with van der Waals surface area (Å²) in [5, 5.41) is 6.78. The topological polar surface area (TPSA) is 33.3 Å². The van der Waals surface area contributed by atoms with Crippen molar-refractivity contribution in [3.05, 3.63) is 0 Å². The monoisotopic (exact) mass is 156 g/mol. The molecule has 2 aliphatic rings. The van der Waals surface area contributed by atoms with Crippen LogP contribution in [0.15, 0.2) is 0 Å². The van der Waals surface area contributed by atoms with E-state index in [9.17, 15) is 0 Å². The minimum absolute atomic E-state index is 0.135. The molecule has 2 saturated heterocycles. The van der Waals surface area contributed by atoms with E-state index in [1.165, 1.54) is 12.8 Å². The molecule has 0 amide bonds. The van der Waals surface area contributed by atoms with E-state index in [1.54, 1.807) is 0 Å². The van der Waals surface area contributed by atoms with Crippen molar-refractivity contribution in [2.24, 2.45) is 0 Å². The minimum Gasteiger partial charge on any atom is -0.372 e. The predicted molar refractivity (Wildman–Crippen MR) is 43.7 cm³/mol. The zero-order valence-electron chi connectivity index (χ0n) is 6.86. The van der Waals surface area contributed by atoms with Gasteiger partial charge in [-0.3, -0.25) is 0 Å². The van der Waals surface area contributed by atoms with E-state index < -0.39 is 0 Å². The van der Waals surface area contributed by atoms with Gasteiger partial charge in [-0.15, -0.1) is 0 Å². The molecule has 0 aliphatic carbocycles. The van der Waals surface area contributed by atoms with Crippen LogP contribution in [0.5, 0.6) is 0 Å². The molecule has 0 bridgehead atoms. The molecule has 0 atom stereocenters. The van der Waals surface area contributed by atoms with Crippen LogP contribution < -0.4 is 10.6 Å². The van der Waals surface area contributed by atoms with Crippen LogP contribution in [0.25, 0.3) is 0 Å². The Bertz CT molecular complexity index is 122. The number of ether oxygens (including phenoxy) is 1. The summed E-state index contributed by atoms with van der Waals surface area (Å²) in [6, 6.07) is 0. The van der Waals surface area contributed by atoms with Crippen molar-refractivity contribution in [1.82, 2.24) is 10.6 Å². The third kappa shape index (κ3) is 1.55. The lowest BCUT2D eigenvalue weighted by Crippen LogP contribution is -2.44. The summed E-state index contributed by atoms with van der Waals surface area (Å²) in [6.45, 7) is 5.15. The smallest absolute Gasteiger partial charge is 0.0930 e. The maximum atomic E-state index is 5.74. The van der Waals surface area contributed by atoms with Crippen molar-refractivity contribution < 1.29 is 4.74 Å². The number of hydrogen-bond donors (Lipinski definition) is 2. The molecule has 0 unspecified atom stereocenters. The van der Waals surface area contributed by atoms with Gasteiger partial charge in [-0.05, 0) is 12.8 Å². The molecule has 3 heteroatoms. The van der Waals surface area contributed by atoms with Gasteiger partial charge >= 0.3 is 0 Å². The highest BCUT2D eigenvalue weighted by Crippen LogP contribution is 2.24. The van der Waals surface area contributed by atoms with Crippen LogP contribution in [0.3, 0.4) is 0 Å². The third-order valence-electron chi connectivity index (χ3n) is 2.56. The van der Waals surface area contributed by atoms with E-state index in [2.05, 4.69) is 10.6 Å². The highest BCUT2D eigenvalue weighted by Gasteiger charge is 2.35. The maximum Gasteiger partial charge on any atom is 0.0930 e. The second-order valence-corrected chi connectivity index (χ2v) is 3.49. The zero-order chi connectivity index (χ0) is 7.57. The first-order chi connectivity index (χ1) is 5.41. The normalized spacial score (nSPS) is 30.5. The molecule has 2 fully saturated rings. The average molecular weight is 156 g/mol. The molecular weight excluding hydrogens is 140 g/mol. The molecule has 11 heavy (non-hydrogen) atoms. The van der Waals surface area contributed by atoms with Gasteiger partial charge in [-0.1, -0.05) is 0 Å². The van der Waals surface area contributed by atoms with Crippen LogP contribution in [0, 0.1) is 0 Å². The fraction of sp³-hybridized carbons (Fsp3) is 1.00. The highest BCUT2D eigenvalue weighted by molar-refractivity contribution is 4.91. The molecule has 2 rings (SSSR count). The van der Waals surface area contributed by atoms with E-state index in [-0.39, 0.29) is 5.60 Å². The second-order valence-electron chi connectivity index (χ2n) is 3.49. The molecule has 0 aromatic heterocycles. The SMILES string of the molecule is C1COC2(C1)CNCCNC2. The Morgan fingerprint density at radius 2 is 1.82 bits per heavy atom. The largest absolute Gasteiger partial charge is 0.372 e. The van der Waals surface area contributed by atoms with Crippen molar-refractivity contribution in [2.45, 2.75) is 18.4 Å². The Kier molecular flexibility index (Phi) is 2.11. The van der Waals surface area contributed by atoms with Gasteiger partial charge in [0.1, 0.15) is 0 Å². The first-order valence-electron chi connectivity index (χ1n) is 4.47. The molecule has 64 valence electrons. The summed E-state index contributed by atoms with van der Waals surface area (Å²) in [4.78, 5) is 0. The predicted octanol–water partition coefficient (Wildman–Crippen LogP) is -0.272. The van der Waals surface area contributed by atoms with Crippen molar-refractivity contribution in [3.8, 4) is 0 Å². The lowest BCUT2D eigenvalue weighted by Gasteiger charge is -2.26. The average Bonchev–Trinajstić information content (AvgIpc) is 2.32. The quantitative estimate of drug-likeness (QED) is 0.506. The number of hydrogen-bond acceptors (Lipinski definition) is 3. The Morgan fingerprint density at radius 3 is 2.36 bits per heavy atom. The number of rotatable bonds is 0. The van der Waals surface area contributed by atoms with Crippen molar-refractivity contribution in [2.75, 3.05) is 32.8 Å². The first kappa shape index (κ1) is 7.53.